The summed E-state index contributed by atoms with van der Waals surface area (Å²) >= 11 is 13.8. The minimum absolute atomic E-state index is 0.250. The highest BCUT2D eigenvalue weighted by molar-refractivity contribution is 8.24. The Morgan fingerprint density at radius 1 is 1.50 bits per heavy atom. The Morgan fingerprint density at radius 3 is 1.50 bits per heavy atom. The first kappa shape index (κ1) is 11.8. The van der Waals surface area contributed by atoms with Gasteiger partial charge in [-0.3, -0.25) is 4.57 Å². The lowest BCUT2D eigenvalue weighted by atomic mass is 10.9. The van der Waals surface area contributed by atoms with E-state index in [0.717, 1.165) is 0 Å². The zero-order chi connectivity index (χ0) is 7.21. The van der Waals surface area contributed by atoms with Gasteiger partial charge >= 0.3 is 5.20 Å². The molecule has 0 aromatic carbocycles. The predicted octanol–water partition coefficient (Wildman–Crippen LogP) is 2.81. The fourth-order valence-corrected chi connectivity index (χ4v) is 0. The van der Waals surface area contributed by atoms with Crippen molar-refractivity contribution in [1.82, 2.24) is 0 Å². The molecule has 0 unspecified atom stereocenters. The molecule has 0 amide bonds. The van der Waals surface area contributed by atoms with Gasteiger partial charge in [-0.05, 0) is 40.6 Å². The topological polar surface area (TPSA) is 37.3 Å². The number of hydrogen-bond acceptors (Lipinski definition) is 2. The molecule has 0 saturated heterocycles. The molecule has 0 fully saturated rings. The van der Waals surface area contributed by atoms with E-state index in [2.05, 4.69) is 33.7 Å². The average molecular weight is 199 g/mol. The van der Waals surface area contributed by atoms with Crippen LogP contribution < -0.4 is 0 Å². The Balaban J connectivity index is 0. The van der Waals surface area contributed by atoms with Crippen LogP contribution in [-0.2, 0) is 4.57 Å². The fraction of sp³-hybridized carbons (Fsp3) is 1.00. The molecule has 0 rings (SSSR count). The van der Waals surface area contributed by atoms with E-state index in [4.69, 9.17) is 5.11 Å². The summed E-state index contributed by atoms with van der Waals surface area (Å²) < 4.78 is 9.51. The Bertz CT molecular complexity index is 71.1. The van der Waals surface area contributed by atoms with Crippen molar-refractivity contribution in [2.45, 2.75) is 6.92 Å². The lowest BCUT2D eigenvalue weighted by Gasteiger charge is -1.74. The molecular weight excluding hydrogens is 193 g/mol. The SMILES string of the molecule is CCO.O=P(Cl)(Cl)Cl. The standard InChI is InChI=1S/C2H6O.Cl3OP/c1-2-3;1-5(2,3)4/h3H,2H2,1H3;. The van der Waals surface area contributed by atoms with Crippen molar-refractivity contribution in [3.8, 4) is 0 Å². The third-order valence-corrected chi connectivity index (χ3v) is 0. The molecule has 1 N–H and O–H groups in total. The van der Waals surface area contributed by atoms with Gasteiger partial charge in [0, 0.05) is 6.61 Å². The van der Waals surface area contributed by atoms with E-state index in [0.29, 0.717) is 0 Å². The van der Waals surface area contributed by atoms with Crippen LogP contribution in [0.3, 0.4) is 0 Å². The molecule has 0 spiro atoms. The molecule has 0 heterocycles. The zero-order valence-corrected chi connectivity index (χ0v) is 7.31. The van der Waals surface area contributed by atoms with Crippen LogP contribution in [0.2, 0.25) is 0 Å². The summed E-state index contributed by atoms with van der Waals surface area (Å²) in [6.45, 7) is 1.93. The molecule has 0 aliphatic rings. The lowest BCUT2D eigenvalue weighted by molar-refractivity contribution is 0.318. The maximum atomic E-state index is 9.51. The van der Waals surface area contributed by atoms with Crippen LogP contribution in [0.15, 0.2) is 0 Å². The molecule has 0 atom stereocenters. The average Bonchev–Trinajstić information content (AvgIpc) is 1.27. The quantitative estimate of drug-likeness (QED) is 0.609. The molecule has 8 heavy (non-hydrogen) atoms. The van der Waals surface area contributed by atoms with Gasteiger partial charge in [0.1, 0.15) is 0 Å². The van der Waals surface area contributed by atoms with Crippen LogP contribution in [-0.4, -0.2) is 11.7 Å². The first-order valence-corrected chi connectivity index (χ1v) is 6.13. The van der Waals surface area contributed by atoms with E-state index in [9.17, 15) is 4.57 Å². The molecular formula is C2H6Cl3O2P. The maximum Gasteiger partial charge on any atom is 0.339 e. The van der Waals surface area contributed by atoms with Gasteiger partial charge in [-0.25, -0.2) is 0 Å². The number of aliphatic hydroxyl groups excluding tert-OH is 1. The van der Waals surface area contributed by atoms with Crippen LogP contribution in [0, 0.1) is 0 Å². The van der Waals surface area contributed by atoms with E-state index in [1.54, 1.807) is 6.92 Å². The second-order valence-electron chi connectivity index (χ2n) is 0.715. The highest BCUT2D eigenvalue weighted by Gasteiger charge is 2.02. The first-order chi connectivity index (χ1) is 3.41. The number of aliphatic hydroxyl groups is 1. The third kappa shape index (κ3) is 231. The monoisotopic (exact) mass is 198 g/mol. The van der Waals surface area contributed by atoms with Crippen LogP contribution in [0.4, 0.5) is 0 Å². The third-order valence-electron chi connectivity index (χ3n) is 0. The summed E-state index contributed by atoms with van der Waals surface area (Å²) in [5.74, 6) is 0. The highest BCUT2D eigenvalue weighted by atomic mass is 36.0. The molecule has 0 radical (unpaired) electrons. The van der Waals surface area contributed by atoms with E-state index in [1.807, 2.05) is 0 Å². The van der Waals surface area contributed by atoms with Crippen molar-refractivity contribution in [2.24, 2.45) is 0 Å². The first-order valence-electron chi connectivity index (χ1n) is 1.71. The van der Waals surface area contributed by atoms with Crippen molar-refractivity contribution in [2.75, 3.05) is 6.61 Å². The molecule has 0 aliphatic carbocycles. The molecule has 0 aromatic heterocycles. The van der Waals surface area contributed by atoms with Crippen LogP contribution >= 0.6 is 38.9 Å². The largest absolute Gasteiger partial charge is 0.397 e. The van der Waals surface area contributed by atoms with Crippen molar-refractivity contribution in [3.63, 3.8) is 0 Å². The van der Waals surface area contributed by atoms with Gasteiger partial charge in [0.05, 0.1) is 0 Å². The van der Waals surface area contributed by atoms with Gasteiger partial charge in [-0.2, -0.15) is 0 Å². The minimum Gasteiger partial charge on any atom is -0.397 e. The molecule has 0 aromatic rings. The summed E-state index contributed by atoms with van der Waals surface area (Å²) in [5, 5.41) is 4.35. The van der Waals surface area contributed by atoms with Crippen molar-refractivity contribution < 1.29 is 9.67 Å². The van der Waals surface area contributed by atoms with Crippen LogP contribution in [0.25, 0.3) is 0 Å². The summed E-state index contributed by atoms with van der Waals surface area (Å²) in [7, 11) is 0. The summed E-state index contributed by atoms with van der Waals surface area (Å²) in [4.78, 5) is 0. The van der Waals surface area contributed by atoms with Gasteiger partial charge in [0.15, 0.2) is 0 Å². The Kier molecular flexibility index (Phi) is 9.13. The minimum atomic E-state index is -3.22. The molecule has 0 saturated carbocycles. The molecule has 0 aliphatic heterocycles. The second kappa shape index (κ2) is 6.18. The lowest BCUT2D eigenvalue weighted by Crippen LogP contribution is -1.57. The predicted molar refractivity (Wildman–Crippen MR) is 37.9 cm³/mol. The summed E-state index contributed by atoms with van der Waals surface area (Å²) in [5.41, 5.74) is 0. The van der Waals surface area contributed by atoms with Crippen molar-refractivity contribution in [3.05, 3.63) is 0 Å². The van der Waals surface area contributed by atoms with E-state index in [1.165, 1.54) is 0 Å². The summed E-state index contributed by atoms with van der Waals surface area (Å²) in [6.07, 6.45) is 0. The number of halogens is 3. The van der Waals surface area contributed by atoms with E-state index >= 15 is 0 Å². The molecule has 52 valence electrons. The van der Waals surface area contributed by atoms with Gasteiger partial charge in [-0.1, -0.05) is 0 Å². The van der Waals surface area contributed by atoms with Gasteiger partial charge in [0.2, 0.25) is 0 Å². The maximum absolute atomic E-state index is 9.51. The summed E-state index contributed by atoms with van der Waals surface area (Å²) in [6, 6.07) is 0. The van der Waals surface area contributed by atoms with Gasteiger partial charge in [0.25, 0.3) is 0 Å². The molecule has 6 heteroatoms. The Morgan fingerprint density at radius 2 is 1.50 bits per heavy atom. The van der Waals surface area contributed by atoms with E-state index < -0.39 is 5.20 Å². The smallest absolute Gasteiger partial charge is 0.339 e. The Hall–Kier alpha value is 1.06. The highest BCUT2D eigenvalue weighted by Crippen LogP contribution is 2.61. The van der Waals surface area contributed by atoms with Crippen molar-refractivity contribution in [1.29, 1.82) is 0 Å². The normalized spacial score (nSPS) is 9.62. The van der Waals surface area contributed by atoms with Crippen molar-refractivity contribution >= 4 is 38.9 Å². The Labute approximate surface area is 62.5 Å². The van der Waals surface area contributed by atoms with Gasteiger partial charge < -0.3 is 5.11 Å². The van der Waals surface area contributed by atoms with E-state index in [-0.39, 0.29) is 6.61 Å². The zero-order valence-electron chi connectivity index (χ0n) is 4.14. The fourth-order valence-electron chi connectivity index (χ4n) is 0. The number of hydrogen-bond donors (Lipinski definition) is 1. The molecule has 0 bridgehead atoms. The molecule has 2 nitrogen and oxygen atoms in total. The van der Waals surface area contributed by atoms with Crippen LogP contribution in [0.1, 0.15) is 6.92 Å². The number of rotatable bonds is 0. The second-order valence-corrected chi connectivity index (χ2v) is 7.35. The van der Waals surface area contributed by atoms with Crippen LogP contribution in [0.5, 0.6) is 0 Å². The van der Waals surface area contributed by atoms with Gasteiger partial charge in [-0.15, -0.1) is 0 Å².